The summed E-state index contributed by atoms with van der Waals surface area (Å²) < 4.78 is 165. The van der Waals surface area contributed by atoms with Crippen molar-refractivity contribution in [1.82, 2.24) is 39.4 Å². The molecule has 0 aliphatic heterocycles. The molecule has 4 heterocycles. The van der Waals surface area contributed by atoms with E-state index in [9.17, 15) is 48.7 Å². The van der Waals surface area contributed by atoms with E-state index in [1.54, 1.807) is 0 Å². The molecule has 9 rings (SSSR count). The second-order valence-corrected chi connectivity index (χ2v) is 18.3. The standard InChI is InChI=1S/C39H31ClF9N9O5S/c1-56-30-24(5-4-22(40)28(30)34(54-56)55-64(2,61)62)58-35(52-33-19(36(58)60)3-6-26(51-33)63-15-37(7-8-37)39(47,48)49)23(11-16-9-17(41)12-18(42)10-16)50-25(59)14-57-31-27(29(53-57)32(43)44)20-13-21(20)38(31,45)46/h3-6,9-10,12,20-21,23,32H,7-8,11,13-15H2,1-2H3,(H,50,59)(H,54,55)/t20-,21+,23-/m0/s1. The first-order valence-electron chi connectivity index (χ1n) is 19.2. The van der Waals surface area contributed by atoms with Crippen LogP contribution in [-0.2, 0) is 40.8 Å². The number of nitrogens with one attached hydrogen (secondary N) is 2. The Morgan fingerprint density at radius 1 is 1.05 bits per heavy atom. The lowest BCUT2D eigenvalue weighted by Gasteiger charge is -2.24. The zero-order chi connectivity index (χ0) is 46.0. The molecule has 0 spiro atoms. The minimum Gasteiger partial charge on any atom is -0.477 e. The molecule has 1 amide bonds. The molecule has 0 radical (unpaired) electrons. The number of amides is 1. The molecule has 2 aromatic carbocycles. The second kappa shape index (κ2) is 14.8. The van der Waals surface area contributed by atoms with Crippen molar-refractivity contribution < 1.29 is 57.5 Å². The number of hydrogen-bond donors (Lipinski definition) is 2. The molecule has 14 nitrogen and oxygen atoms in total. The number of anilines is 1. The van der Waals surface area contributed by atoms with Gasteiger partial charge in [-0.05, 0) is 61.1 Å². The topological polar surface area (TPSA) is 168 Å². The smallest absolute Gasteiger partial charge is 0.397 e. The fourth-order valence-electron chi connectivity index (χ4n) is 8.40. The average Bonchev–Trinajstić information content (AvgIpc) is 4.08. The fraction of sp³-hybridized carbons (Fsp3) is 0.385. The van der Waals surface area contributed by atoms with Gasteiger partial charge < -0.3 is 10.1 Å². The summed E-state index contributed by atoms with van der Waals surface area (Å²) in [6.45, 7) is -1.90. The minimum absolute atomic E-state index is 0.00718. The van der Waals surface area contributed by atoms with Gasteiger partial charge in [-0.3, -0.25) is 28.2 Å². The van der Waals surface area contributed by atoms with Crippen LogP contribution in [0, 0.1) is 23.0 Å². The van der Waals surface area contributed by atoms with E-state index in [0.717, 1.165) is 39.8 Å². The van der Waals surface area contributed by atoms with Gasteiger partial charge in [-0.15, -0.1) is 0 Å². The van der Waals surface area contributed by atoms with E-state index >= 15 is 8.78 Å². The van der Waals surface area contributed by atoms with Gasteiger partial charge in [-0.1, -0.05) is 11.6 Å². The number of carbonyl (C=O) groups is 1. The monoisotopic (exact) mass is 943 g/mol. The van der Waals surface area contributed by atoms with E-state index < -0.39 is 117 Å². The Balaban J connectivity index is 1.22. The minimum atomic E-state index is -4.59. The van der Waals surface area contributed by atoms with Crippen LogP contribution in [-0.4, -0.2) is 67.5 Å². The van der Waals surface area contributed by atoms with Gasteiger partial charge in [-0.2, -0.15) is 37.1 Å². The van der Waals surface area contributed by atoms with E-state index in [1.165, 1.54) is 19.2 Å². The van der Waals surface area contributed by atoms with E-state index in [-0.39, 0.29) is 69.1 Å². The Kier molecular flexibility index (Phi) is 10.0. The molecule has 3 aliphatic carbocycles. The van der Waals surface area contributed by atoms with Gasteiger partial charge in [-0.25, -0.2) is 31.0 Å². The Labute approximate surface area is 359 Å². The summed E-state index contributed by atoms with van der Waals surface area (Å²) in [6.07, 6.45) is -8.07. The number of nitrogens with zero attached hydrogens (tertiary/aromatic N) is 7. The highest BCUT2D eigenvalue weighted by molar-refractivity contribution is 7.92. The van der Waals surface area contributed by atoms with Crippen molar-refractivity contribution in [2.75, 3.05) is 17.6 Å². The average molecular weight is 944 g/mol. The number of pyridine rings is 1. The third kappa shape index (κ3) is 7.46. The normalized spacial score (nSPS) is 18.9. The maximum atomic E-state index is 15.5. The molecule has 338 valence electrons. The fourth-order valence-corrected chi connectivity index (χ4v) is 9.13. The predicted molar refractivity (Wildman–Crippen MR) is 209 cm³/mol. The van der Waals surface area contributed by atoms with Crippen molar-refractivity contribution in [2.24, 2.45) is 18.4 Å². The number of rotatable bonds is 13. The van der Waals surface area contributed by atoms with E-state index in [2.05, 4.69) is 30.2 Å². The maximum Gasteiger partial charge on any atom is 0.397 e. The molecular formula is C39H31ClF9N9O5S. The molecule has 6 aromatic rings. The van der Waals surface area contributed by atoms with Crippen LogP contribution in [0.15, 0.2) is 47.3 Å². The molecule has 0 saturated heterocycles. The van der Waals surface area contributed by atoms with Gasteiger partial charge in [0, 0.05) is 37.1 Å². The molecule has 4 aromatic heterocycles. The molecule has 25 heteroatoms. The van der Waals surface area contributed by atoms with Gasteiger partial charge in [0.2, 0.25) is 21.8 Å². The Morgan fingerprint density at radius 3 is 2.39 bits per heavy atom. The zero-order valence-electron chi connectivity index (χ0n) is 33.0. The molecule has 2 fully saturated rings. The molecule has 3 aliphatic rings. The van der Waals surface area contributed by atoms with Crippen LogP contribution < -0.4 is 20.3 Å². The predicted octanol–water partition coefficient (Wildman–Crippen LogP) is 7.14. The van der Waals surface area contributed by atoms with Crippen LogP contribution in [0.25, 0.3) is 27.6 Å². The SMILES string of the molecule is Cn1nc(NS(C)(=O)=O)c2c(Cl)ccc(-n3c([C@H](Cc4cc(F)cc(F)c4)NC(=O)Cn4nc(C(F)F)c5c4C(F)(F)[C@@H]4C[C@H]54)nc4nc(OCC5(C(F)(F)F)CC5)ccc4c3=O)c21. The van der Waals surface area contributed by atoms with Crippen molar-refractivity contribution in [3.8, 4) is 11.6 Å². The number of sulfonamides is 1. The van der Waals surface area contributed by atoms with Crippen molar-refractivity contribution in [3.63, 3.8) is 0 Å². The first-order chi connectivity index (χ1) is 30.0. The third-order valence-corrected chi connectivity index (χ3v) is 12.5. The first kappa shape index (κ1) is 43.3. The van der Waals surface area contributed by atoms with E-state index in [0.29, 0.717) is 10.7 Å². The maximum absolute atomic E-state index is 15.5. The number of fused-ring (bicyclic) bond motifs is 5. The molecule has 0 unspecified atom stereocenters. The van der Waals surface area contributed by atoms with Crippen LogP contribution >= 0.6 is 11.6 Å². The van der Waals surface area contributed by atoms with Gasteiger partial charge >= 0.3 is 6.18 Å². The number of halogens is 10. The summed E-state index contributed by atoms with van der Waals surface area (Å²) in [4.78, 5) is 37.7. The Hall–Kier alpha value is -5.91. The van der Waals surface area contributed by atoms with Gasteiger partial charge in [0.15, 0.2) is 11.5 Å². The summed E-state index contributed by atoms with van der Waals surface area (Å²) in [5.74, 6) is -10.2. The largest absolute Gasteiger partial charge is 0.477 e. The quantitative estimate of drug-likeness (QED) is 0.115. The van der Waals surface area contributed by atoms with Gasteiger partial charge in [0.25, 0.3) is 17.9 Å². The number of benzene rings is 2. The van der Waals surface area contributed by atoms with Crippen molar-refractivity contribution in [2.45, 2.75) is 62.7 Å². The highest BCUT2D eigenvalue weighted by Gasteiger charge is 2.67. The zero-order valence-corrected chi connectivity index (χ0v) is 34.5. The van der Waals surface area contributed by atoms with E-state index in [1.807, 2.05) is 0 Å². The number of carbonyl (C=O) groups excluding carboxylic acids is 1. The van der Waals surface area contributed by atoms with Crippen LogP contribution in [0.4, 0.5) is 45.3 Å². The molecule has 2 N–H and O–H groups in total. The first-order valence-corrected chi connectivity index (χ1v) is 21.5. The molecule has 64 heavy (non-hydrogen) atoms. The molecule has 2 saturated carbocycles. The number of alkyl halides is 7. The lowest BCUT2D eigenvalue weighted by Crippen LogP contribution is -2.38. The lowest BCUT2D eigenvalue weighted by atomic mass is 10.0. The van der Waals surface area contributed by atoms with Crippen LogP contribution in [0.3, 0.4) is 0 Å². The van der Waals surface area contributed by atoms with Gasteiger partial charge in [0.1, 0.15) is 47.4 Å². The van der Waals surface area contributed by atoms with Crippen LogP contribution in [0.2, 0.25) is 5.02 Å². The summed E-state index contributed by atoms with van der Waals surface area (Å²) >= 11 is 6.57. The van der Waals surface area contributed by atoms with Crippen LogP contribution in [0.5, 0.6) is 5.88 Å². The Bertz CT molecular complexity index is 3100. The number of aryl methyl sites for hydroxylation is 1. The van der Waals surface area contributed by atoms with Gasteiger partial charge in [0.05, 0.1) is 39.3 Å². The Morgan fingerprint density at radius 2 is 1.75 bits per heavy atom. The van der Waals surface area contributed by atoms with Crippen molar-refractivity contribution in [3.05, 3.63) is 97.8 Å². The van der Waals surface area contributed by atoms with Crippen molar-refractivity contribution >= 4 is 55.3 Å². The summed E-state index contributed by atoms with van der Waals surface area (Å²) in [7, 11) is -2.61. The molecule has 0 bridgehead atoms. The lowest BCUT2D eigenvalue weighted by molar-refractivity contribution is -0.194. The number of aromatic nitrogens is 7. The summed E-state index contributed by atoms with van der Waals surface area (Å²) in [5, 5.41) is 10.1. The molecule has 3 atom stereocenters. The highest BCUT2D eigenvalue weighted by Crippen LogP contribution is 2.68. The third-order valence-electron chi connectivity index (χ3n) is 11.6. The van der Waals surface area contributed by atoms with Crippen molar-refractivity contribution in [1.29, 1.82) is 0 Å². The molecular weight excluding hydrogens is 913 g/mol. The summed E-state index contributed by atoms with van der Waals surface area (Å²) in [6, 6.07) is 5.49. The van der Waals surface area contributed by atoms with Crippen LogP contribution in [0.1, 0.15) is 66.0 Å². The highest BCUT2D eigenvalue weighted by atomic mass is 35.5. The number of hydrogen-bond acceptors (Lipinski definition) is 9. The van der Waals surface area contributed by atoms with E-state index in [4.69, 9.17) is 16.3 Å². The summed E-state index contributed by atoms with van der Waals surface area (Å²) in [5.41, 5.74) is -5.95. The number of ether oxygens (including phenoxy) is 1. The second-order valence-electron chi connectivity index (χ2n) is 16.1.